The minimum Gasteiger partial charge on any atom is -0.293 e. The molecule has 1 aromatic heterocycles. The second-order valence-electron chi connectivity index (χ2n) is 7.60. The smallest absolute Gasteiger partial charge is 0.229 e. The SMILES string of the molecule is C[C@@H](Sc1nnc(-c2ccccc2)c(-c2ccccc2)n1)C(=O)c1ccc(NS(C)(=O)=O)cc1. The maximum absolute atomic E-state index is 13.0. The third kappa shape index (κ3) is 5.86. The number of hydrogen-bond donors (Lipinski definition) is 1. The van der Waals surface area contributed by atoms with Gasteiger partial charge in [-0.2, -0.15) is 0 Å². The molecule has 172 valence electrons. The van der Waals surface area contributed by atoms with Crippen LogP contribution in [0.4, 0.5) is 5.69 Å². The predicted molar refractivity (Wildman–Crippen MR) is 135 cm³/mol. The molecule has 1 heterocycles. The number of sulfonamides is 1. The zero-order valence-electron chi connectivity index (χ0n) is 18.5. The van der Waals surface area contributed by atoms with Gasteiger partial charge in [-0.3, -0.25) is 9.52 Å². The molecule has 0 amide bonds. The normalized spacial score (nSPS) is 12.2. The molecule has 0 unspecified atom stereocenters. The molecular weight excluding hydrogens is 468 g/mol. The van der Waals surface area contributed by atoms with Gasteiger partial charge in [-0.05, 0) is 31.2 Å². The number of aromatic nitrogens is 3. The van der Waals surface area contributed by atoms with E-state index in [-0.39, 0.29) is 5.78 Å². The Hall–Kier alpha value is -3.56. The lowest BCUT2D eigenvalue weighted by Gasteiger charge is -2.12. The van der Waals surface area contributed by atoms with Crippen LogP contribution in [0.15, 0.2) is 90.1 Å². The fraction of sp³-hybridized carbons (Fsp3) is 0.120. The lowest BCUT2D eigenvalue weighted by Crippen LogP contribution is -2.15. The number of carbonyl (C=O) groups excluding carboxylic acids is 1. The molecule has 7 nitrogen and oxygen atoms in total. The quantitative estimate of drug-likeness (QED) is 0.276. The van der Waals surface area contributed by atoms with Crippen molar-refractivity contribution in [2.75, 3.05) is 11.0 Å². The Morgan fingerprint density at radius 3 is 1.94 bits per heavy atom. The van der Waals surface area contributed by atoms with Crippen LogP contribution in [0, 0.1) is 0 Å². The van der Waals surface area contributed by atoms with Crippen molar-refractivity contribution in [3.05, 3.63) is 90.5 Å². The highest BCUT2D eigenvalue weighted by Gasteiger charge is 2.20. The summed E-state index contributed by atoms with van der Waals surface area (Å²) in [5.41, 5.74) is 4.05. The summed E-state index contributed by atoms with van der Waals surface area (Å²) >= 11 is 1.23. The van der Waals surface area contributed by atoms with E-state index in [9.17, 15) is 13.2 Å². The predicted octanol–water partition coefficient (Wildman–Crippen LogP) is 4.94. The molecule has 3 aromatic carbocycles. The Morgan fingerprint density at radius 2 is 1.38 bits per heavy atom. The highest BCUT2D eigenvalue weighted by atomic mass is 32.2. The molecule has 0 radical (unpaired) electrons. The van der Waals surface area contributed by atoms with Crippen LogP contribution in [0.5, 0.6) is 0 Å². The topological polar surface area (TPSA) is 102 Å². The van der Waals surface area contributed by atoms with Gasteiger partial charge in [0.25, 0.3) is 0 Å². The number of Topliss-reactive ketones (excluding diaryl/α,β-unsaturated/α-hetero) is 1. The average molecular weight is 491 g/mol. The maximum atomic E-state index is 13.0. The summed E-state index contributed by atoms with van der Waals surface area (Å²) in [5.74, 6) is -0.118. The zero-order chi connectivity index (χ0) is 24.1. The summed E-state index contributed by atoms with van der Waals surface area (Å²) in [4.78, 5) is 17.7. The summed E-state index contributed by atoms with van der Waals surface area (Å²) in [5, 5.41) is 8.66. The van der Waals surface area contributed by atoms with Crippen LogP contribution in [0.1, 0.15) is 17.3 Å². The highest BCUT2D eigenvalue weighted by Crippen LogP contribution is 2.31. The minimum absolute atomic E-state index is 0.118. The molecule has 0 bridgehead atoms. The monoisotopic (exact) mass is 490 g/mol. The van der Waals surface area contributed by atoms with E-state index in [0.717, 1.165) is 17.4 Å². The molecule has 4 aromatic rings. The number of anilines is 1. The maximum Gasteiger partial charge on any atom is 0.229 e. The molecule has 0 aliphatic heterocycles. The number of nitrogens with one attached hydrogen (secondary N) is 1. The molecule has 0 aliphatic carbocycles. The minimum atomic E-state index is -3.38. The van der Waals surface area contributed by atoms with Crippen molar-refractivity contribution >= 4 is 33.3 Å². The summed E-state index contributed by atoms with van der Waals surface area (Å²) in [7, 11) is -3.38. The van der Waals surface area contributed by atoms with Crippen LogP contribution in [0.2, 0.25) is 0 Å². The highest BCUT2D eigenvalue weighted by molar-refractivity contribution is 8.00. The van der Waals surface area contributed by atoms with Crippen LogP contribution in [-0.4, -0.2) is 40.9 Å². The lowest BCUT2D eigenvalue weighted by molar-refractivity contribution is 0.0994. The Bertz CT molecular complexity index is 1400. The molecule has 4 rings (SSSR count). The molecule has 0 saturated carbocycles. The van der Waals surface area contributed by atoms with E-state index in [1.54, 1.807) is 31.2 Å². The first-order valence-corrected chi connectivity index (χ1v) is 13.2. The van der Waals surface area contributed by atoms with Crippen LogP contribution in [0.3, 0.4) is 0 Å². The first-order chi connectivity index (χ1) is 16.3. The molecule has 34 heavy (non-hydrogen) atoms. The third-order valence-corrected chi connectivity index (χ3v) is 6.44. The van der Waals surface area contributed by atoms with Crippen molar-refractivity contribution in [3.8, 4) is 22.5 Å². The van der Waals surface area contributed by atoms with Crippen LogP contribution >= 0.6 is 11.8 Å². The Balaban J connectivity index is 1.58. The third-order valence-electron chi connectivity index (χ3n) is 4.89. The summed E-state index contributed by atoms with van der Waals surface area (Å²) in [6.45, 7) is 1.78. The van der Waals surface area contributed by atoms with Gasteiger partial charge in [-0.25, -0.2) is 13.4 Å². The Labute approximate surface area is 202 Å². The molecule has 0 fully saturated rings. The van der Waals surface area contributed by atoms with Crippen molar-refractivity contribution in [2.45, 2.75) is 17.3 Å². The fourth-order valence-corrected chi connectivity index (χ4v) is 4.67. The van der Waals surface area contributed by atoms with E-state index >= 15 is 0 Å². The van der Waals surface area contributed by atoms with E-state index in [1.165, 1.54) is 11.8 Å². The number of ketones is 1. The van der Waals surface area contributed by atoms with Crippen molar-refractivity contribution in [2.24, 2.45) is 0 Å². The van der Waals surface area contributed by atoms with Gasteiger partial charge >= 0.3 is 0 Å². The van der Waals surface area contributed by atoms with Gasteiger partial charge in [0.05, 0.1) is 11.5 Å². The molecular formula is C25H22N4O3S2. The summed E-state index contributed by atoms with van der Waals surface area (Å²) in [6, 6.07) is 25.8. The standard InChI is InChI=1S/C25H22N4O3S2/c1-17(24(30)20-13-15-21(16-14-20)29-34(2,31)32)33-25-26-22(18-9-5-3-6-10-18)23(27-28-25)19-11-7-4-8-12-19/h3-17,29H,1-2H3/t17-/m1/s1. The van der Waals surface area contributed by atoms with Gasteiger partial charge in [0.1, 0.15) is 11.4 Å². The van der Waals surface area contributed by atoms with Gasteiger partial charge in [0.2, 0.25) is 15.2 Å². The number of benzene rings is 3. The first kappa shape index (κ1) is 23.6. The van der Waals surface area contributed by atoms with Gasteiger partial charge in [0, 0.05) is 22.4 Å². The number of nitrogens with zero attached hydrogens (tertiary/aromatic N) is 3. The summed E-state index contributed by atoms with van der Waals surface area (Å²) in [6.07, 6.45) is 1.07. The largest absolute Gasteiger partial charge is 0.293 e. The van der Waals surface area contributed by atoms with E-state index in [2.05, 4.69) is 14.9 Å². The van der Waals surface area contributed by atoms with E-state index in [1.807, 2.05) is 60.7 Å². The van der Waals surface area contributed by atoms with E-state index < -0.39 is 15.3 Å². The zero-order valence-corrected chi connectivity index (χ0v) is 20.2. The van der Waals surface area contributed by atoms with Crippen molar-refractivity contribution in [1.82, 2.24) is 15.2 Å². The second-order valence-corrected chi connectivity index (χ2v) is 10.7. The molecule has 9 heteroatoms. The van der Waals surface area contributed by atoms with E-state index in [0.29, 0.717) is 27.8 Å². The lowest BCUT2D eigenvalue weighted by atomic mass is 10.0. The van der Waals surface area contributed by atoms with E-state index in [4.69, 9.17) is 4.98 Å². The number of carbonyl (C=O) groups is 1. The Kier molecular flexibility index (Phi) is 7.04. The van der Waals surface area contributed by atoms with Gasteiger partial charge in [-0.1, -0.05) is 72.4 Å². The van der Waals surface area contributed by atoms with Crippen molar-refractivity contribution in [1.29, 1.82) is 0 Å². The molecule has 0 saturated heterocycles. The molecule has 0 aliphatic rings. The summed E-state index contributed by atoms with van der Waals surface area (Å²) < 4.78 is 25.1. The van der Waals surface area contributed by atoms with Gasteiger partial charge in [0.15, 0.2) is 5.78 Å². The van der Waals surface area contributed by atoms with Gasteiger partial charge in [-0.15, -0.1) is 10.2 Å². The van der Waals surface area contributed by atoms with Gasteiger partial charge < -0.3 is 0 Å². The number of rotatable bonds is 8. The van der Waals surface area contributed by atoms with Crippen LogP contribution < -0.4 is 4.72 Å². The molecule has 1 atom stereocenters. The molecule has 1 N–H and O–H groups in total. The average Bonchev–Trinajstić information content (AvgIpc) is 2.84. The first-order valence-electron chi connectivity index (χ1n) is 10.4. The second kappa shape index (κ2) is 10.1. The van der Waals surface area contributed by atoms with Crippen molar-refractivity contribution < 1.29 is 13.2 Å². The Morgan fingerprint density at radius 1 is 0.824 bits per heavy atom. The fourth-order valence-electron chi connectivity index (χ4n) is 3.31. The number of hydrogen-bond acceptors (Lipinski definition) is 7. The van der Waals surface area contributed by atoms with Crippen LogP contribution in [0.25, 0.3) is 22.5 Å². The molecule has 0 spiro atoms. The number of thioether (sulfide) groups is 1. The van der Waals surface area contributed by atoms with Crippen molar-refractivity contribution in [3.63, 3.8) is 0 Å². The van der Waals surface area contributed by atoms with Crippen LogP contribution in [-0.2, 0) is 10.0 Å².